The molecular weight excluding hydrogens is 369 g/mol. The van der Waals surface area contributed by atoms with E-state index in [-0.39, 0.29) is 11.0 Å². The molecule has 2 aromatic heterocycles. The molecule has 0 atom stereocenters. The molecule has 27 heavy (non-hydrogen) atoms. The summed E-state index contributed by atoms with van der Waals surface area (Å²) in [6.45, 7) is 1.65. The van der Waals surface area contributed by atoms with Crippen LogP contribution in [0.5, 0.6) is 0 Å². The van der Waals surface area contributed by atoms with Crippen LogP contribution in [0, 0.1) is 5.82 Å². The summed E-state index contributed by atoms with van der Waals surface area (Å²) >= 11 is 5.96. The average Bonchev–Trinajstić information content (AvgIpc) is 3.14. The zero-order valence-electron chi connectivity index (χ0n) is 15.1. The molecule has 0 saturated heterocycles. The van der Waals surface area contributed by atoms with Crippen molar-refractivity contribution in [3.05, 3.63) is 41.4 Å². The number of halogens is 2. The number of hydrogen-bond acceptors (Lipinski definition) is 6. The zero-order chi connectivity index (χ0) is 19.4. The summed E-state index contributed by atoms with van der Waals surface area (Å²) in [6.07, 6.45) is 4.35. The van der Waals surface area contributed by atoms with Crippen LogP contribution < -0.4 is 11.1 Å². The van der Waals surface area contributed by atoms with Gasteiger partial charge in [-0.1, -0.05) is 11.6 Å². The lowest BCUT2D eigenvalue weighted by Crippen LogP contribution is -2.17. The summed E-state index contributed by atoms with van der Waals surface area (Å²) in [7, 11) is 4.05. The molecule has 0 aliphatic rings. The largest absolute Gasteiger partial charge is 0.369 e. The molecule has 142 valence electrons. The van der Waals surface area contributed by atoms with Crippen LogP contribution in [0.15, 0.2) is 30.6 Å². The van der Waals surface area contributed by atoms with Crippen molar-refractivity contribution in [3.8, 4) is 22.4 Å². The van der Waals surface area contributed by atoms with Gasteiger partial charge in [-0.3, -0.25) is 5.10 Å². The summed E-state index contributed by atoms with van der Waals surface area (Å²) in [4.78, 5) is 10.9. The van der Waals surface area contributed by atoms with Crippen molar-refractivity contribution in [2.75, 3.05) is 38.2 Å². The van der Waals surface area contributed by atoms with Gasteiger partial charge in [0.2, 0.25) is 5.95 Å². The van der Waals surface area contributed by atoms with Gasteiger partial charge in [-0.25, -0.2) is 9.37 Å². The Balaban J connectivity index is 2.05. The molecule has 4 N–H and O–H groups in total. The van der Waals surface area contributed by atoms with E-state index >= 15 is 0 Å². The molecule has 0 unspecified atom stereocenters. The second-order valence-electron chi connectivity index (χ2n) is 6.35. The maximum absolute atomic E-state index is 13.6. The number of benzene rings is 1. The molecule has 0 bridgehead atoms. The molecule has 0 aliphatic heterocycles. The highest BCUT2D eigenvalue weighted by molar-refractivity contribution is 6.31. The van der Waals surface area contributed by atoms with Gasteiger partial charge in [-0.2, -0.15) is 10.1 Å². The molecule has 3 aromatic rings. The minimum absolute atomic E-state index is 0.0170. The topological polar surface area (TPSA) is 95.8 Å². The molecule has 1 aromatic carbocycles. The molecular formula is C18H21ClFN7. The lowest BCUT2D eigenvalue weighted by Gasteiger charge is -2.16. The monoisotopic (exact) mass is 389 g/mol. The van der Waals surface area contributed by atoms with E-state index in [9.17, 15) is 4.39 Å². The Labute approximate surface area is 161 Å². The van der Waals surface area contributed by atoms with Gasteiger partial charge < -0.3 is 16.0 Å². The van der Waals surface area contributed by atoms with E-state index in [0.29, 0.717) is 23.6 Å². The summed E-state index contributed by atoms with van der Waals surface area (Å²) in [5, 5.41) is 10.2. The molecule has 3 rings (SSSR count). The van der Waals surface area contributed by atoms with E-state index in [0.717, 1.165) is 24.1 Å². The lowest BCUT2D eigenvalue weighted by atomic mass is 10.0. The molecule has 9 heteroatoms. The van der Waals surface area contributed by atoms with Crippen molar-refractivity contribution >= 4 is 23.4 Å². The van der Waals surface area contributed by atoms with Gasteiger partial charge >= 0.3 is 0 Å². The normalized spacial score (nSPS) is 11.1. The van der Waals surface area contributed by atoms with E-state index < -0.39 is 5.82 Å². The highest BCUT2D eigenvalue weighted by atomic mass is 35.5. The first-order valence-electron chi connectivity index (χ1n) is 8.46. The first-order valence-corrected chi connectivity index (χ1v) is 8.84. The predicted molar refractivity (Wildman–Crippen MR) is 106 cm³/mol. The van der Waals surface area contributed by atoms with Gasteiger partial charge in [0.15, 0.2) is 0 Å². The summed E-state index contributed by atoms with van der Waals surface area (Å²) in [5.74, 6) is 0.222. The average molecular weight is 390 g/mol. The van der Waals surface area contributed by atoms with Gasteiger partial charge in [0.1, 0.15) is 11.6 Å². The molecule has 0 radical (unpaired) electrons. The SMILES string of the molecule is CN(C)CCCNc1nc(N)nc(-c2ccc(F)c(Cl)c2)c1-c1cn[nH]c1. The maximum Gasteiger partial charge on any atom is 0.222 e. The molecule has 2 heterocycles. The summed E-state index contributed by atoms with van der Waals surface area (Å²) in [6, 6.07) is 4.44. The third kappa shape index (κ3) is 4.53. The van der Waals surface area contributed by atoms with Gasteiger partial charge in [-0.05, 0) is 45.3 Å². The second-order valence-corrected chi connectivity index (χ2v) is 6.76. The standard InChI is InChI=1S/C18H21ClFN7/c1-27(2)7-3-6-22-17-15(12-9-23-24-10-12)16(25-18(21)26-17)11-4-5-14(20)13(19)8-11/h4-5,8-10H,3,6-7H2,1-2H3,(H,23,24)(H3,21,22,25,26). The van der Waals surface area contributed by atoms with Crippen LogP contribution in [0.2, 0.25) is 5.02 Å². The van der Waals surface area contributed by atoms with Crippen LogP contribution >= 0.6 is 11.6 Å². The Morgan fingerprint density at radius 1 is 1.26 bits per heavy atom. The van der Waals surface area contributed by atoms with E-state index in [1.54, 1.807) is 18.5 Å². The fraction of sp³-hybridized carbons (Fsp3) is 0.278. The predicted octanol–water partition coefficient (Wildman–Crippen LogP) is 3.27. The van der Waals surface area contributed by atoms with Crippen LogP contribution in [0.4, 0.5) is 16.2 Å². The first kappa shape index (κ1) is 19.1. The highest BCUT2D eigenvalue weighted by Gasteiger charge is 2.18. The lowest BCUT2D eigenvalue weighted by molar-refractivity contribution is 0.405. The Hall–Kier alpha value is -2.71. The molecule has 0 aliphatic carbocycles. The second kappa shape index (κ2) is 8.32. The fourth-order valence-corrected chi connectivity index (χ4v) is 2.90. The van der Waals surface area contributed by atoms with Crippen molar-refractivity contribution in [2.24, 2.45) is 0 Å². The van der Waals surface area contributed by atoms with E-state index in [1.807, 2.05) is 14.1 Å². The number of aromatic nitrogens is 4. The third-order valence-corrected chi connectivity index (χ3v) is 4.27. The molecule has 0 amide bonds. The Morgan fingerprint density at radius 3 is 2.74 bits per heavy atom. The van der Waals surface area contributed by atoms with Crippen molar-refractivity contribution in [3.63, 3.8) is 0 Å². The zero-order valence-corrected chi connectivity index (χ0v) is 15.9. The molecule has 0 spiro atoms. The number of hydrogen-bond donors (Lipinski definition) is 3. The van der Waals surface area contributed by atoms with Gasteiger partial charge in [0, 0.05) is 23.9 Å². The van der Waals surface area contributed by atoms with Crippen molar-refractivity contribution in [2.45, 2.75) is 6.42 Å². The number of H-pyrrole nitrogens is 1. The minimum Gasteiger partial charge on any atom is -0.369 e. The van der Waals surface area contributed by atoms with Gasteiger partial charge in [0.25, 0.3) is 0 Å². The van der Waals surface area contributed by atoms with E-state index in [4.69, 9.17) is 17.3 Å². The molecule has 7 nitrogen and oxygen atoms in total. The Bertz CT molecular complexity index is 912. The van der Waals surface area contributed by atoms with Gasteiger partial charge in [0.05, 0.1) is 22.5 Å². The number of nitrogens with one attached hydrogen (secondary N) is 2. The van der Waals surface area contributed by atoms with Crippen LogP contribution in [-0.4, -0.2) is 52.3 Å². The maximum atomic E-state index is 13.6. The highest BCUT2D eigenvalue weighted by Crippen LogP contribution is 2.37. The van der Waals surface area contributed by atoms with Crippen LogP contribution in [0.3, 0.4) is 0 Å². The molecule has 0 saturated carbocycles. The molecule has 0 fully saturated rings. The van der Waals surface area contributed by atoms with Crippen LogP contribution in [-0.2, 0) is 0 Å². The number of nitrogen functional groups attached to an aromatic ring is 1. The Morgan fingerprint density at radius 2 is 2.07 bits per heavy atom. The van der Waals surface area contributed by atoms with Crippen molar-refractivity contribution < 1.29 is 4.39 Å². The number of nitrogens with two attached hydrogens (primary N) is 1. The fourth-order valence-electron chi connectivity index (χ4n) is 2.72. The van der Waals surface area contributed by atoms with Gasteiger partial charge in [-0.15, -0.1) is 0 Å². The van der Waals surface area contributed by atoms with Crippen LogP contribution in [0.1, 0.15) is 6.42 Å². The van der Waals surface area contributed by atoms with E-state index in [1.165, 1.54) is 12.1 Å². The first-order chi connectivity index (χ1) is 13.0. The summed E-state index contributed by atoms with van der Waals surface area (Å²) in [5.41, 5.74) is 8.66. The summed E-state index contributed by atoms with van der Waals surface area (Å²) < 4.78 is 13.6. The van der Waals surface area contributed by atoms with Crippen molar-refractivity contribution in [1.82, 2.24) is 25.1 Å². The number of anilines is 2. The quantitative estimate of drug-likeness (QED) is 0.537. The number of aromatic amines is 1. The minimum atomic E-state index is -0.491. The smallest absolute Gasteiger partial charge is 0.222 e. The van der Waals surface area contributed by atoms with Crippen molar-refractivity contribution in [1.29, 1.82) is 0 Å². The van der Waals surface area contributed by atoms with E-state index in [2.05, 4.69) is 30.4 Å². The Kier molecular flexibility index (Phi) is 5.88. The third-order valence-electron chi connectivity index (χ3n) is 3.98. The number of rotatable bonds is 7. The number of nitrogens with zero attached hydrogens (tertiary/aromatic N) is 4. The van der Waals surface area contributed by atoms with Crippen LogP contribution in [0.25, 0.3) is 22.4 Å².